The summed E-state index contributed by atoms with van der Waals surface area (Å²) in [5.74, 6) is -0.542. The van der Waals surface area contributed by atoms with Gasteiger partial charge in [0.05, 0.1) is 10.9 Å². The lowest BCUT2D eigenvalue weighted by atomic mass is 9.88. The van der Waals surface area contributed by atoms with E-state index in [0.29, 0.717) is 23.8 Å². The molecule has 2 aromatic carbocycles. The van der Waals surface area contributed by atoms with Crippen LogP contribution in [0.25, 0.3) is 11.1 Å². The molecular weight excluding hydrogens is 388 g/mol. The number of hydrogen-bond donors (Lipinski definition) is 1. The van der Waals surface area contributed by atoms with Crippen molar-refractivity contribution in [2.24, 2.45) is 0 Å². The SMILES string of the molecule is CN1CCCCC1=O.O=C1CCC(c2cccc(-c3ccccc3)c2Cl)C(=O)N1. The molecule has 2 saturated heterocycles. The van der Waals surface area contributed by atoms with Crippen LogP contribution in [0.3, 0.4) is 0 Å². The van der Waals surface area contributed by atoms with Gasteiger partial charge in [-0.3, -0.25) is 19.7 Å². The lowest BCUT2D eigenvalue weighted by Gasteiger charge is -2.23. The van der Waals surface area contributed by atoms with Crippen LogP contribution in [0.4, 0.5) is 0 Å². The van der Waals surface area contributed by atoms with Gasteiger partial charge in [0.15, 0.2) is 0 Å². The summed E-state index contributed by atoms with van der Waals surface area (Å²) in [6.45, 7) is 0.957. The molecule has 2 aromatic rings. The minimum absolute atomic E-state index is 0.216. The van der Waals surface area contributed by atoms with Crippen LogP contribution >= 0.6 is 11.6 Å². The molecular formula is C23H25ClN2O3. The molecule has 4 rings (SSSR count). The van der Waals surface area contributed by atoms with Crippen LogP contribution < -0.4 is 5.32 Å². The van der Waals surface area contributed by atoms with E-state index in [1.807, 2.05) is 55.6 Å². The van der Waals surface area contributed by atoms with E-state index in [9.17, 15) is 14.4 Å². The van der Waals surface area contributed by atoms with Crippen LogP contribution in [0.2, 0.25) is 5.02 Å². The van der Waals surface area contributed by atoms with Crippen LogP contribution in [-0.4, -0.2) is 36.2 Å². The van der Waals surface area contributed by atoms with Crippen molar-refractivity contribution in [3.05, 3.63) is 59.1 Å². The summed E-state index contributed by atoms with van der Waals surface area (Å²) in [7, 11) is 1.86. The van der Waals surface area contributed by atoms with Crippen LogP contribution in [0, 0.1) is 0 Å². The fourth-order valence-electron chi connectivity index (χ4n) is 3.59. The molecule has 6 heteroatoms. The maximum atomic E-state index is 12.0. The van der Waals surface area contributed by atoms with Gasteiger partial charge in [0, 0.05) is 32.0 Å². The average Bonchev–Trinajstić information content (AvgIpc) is 2.72. The molecule has 1 unspecified atom stereocenters. The van der Waals surface area contributed by atoms with E-state index in [0.717, 1.165) is 36.1 Å². The molecule has 2 heterocycles. The maximum absolute atomic E-state index is 12.0. The third-order valence-corrected chi connectivity index (χ3v) is 5.71. The summed E-state index contributed by atoms with van der Waals surface area (Å²) in [5.41, 5.74) is 2.69. The summed E-state index contributed by atoms with van der Waals surface area (Å²) in [4.78, 5) is 35.8. The van der Waals surface area contributed by atoms with Crippen molar-refractivity contribution in [3.63, 3.8) is 0 Å². The lowest BCUT2D eigenvalue weighted by molar-refractivity contribution is -0.134. The smallest absolute Gasteiger partial charge is 0.234 e. The molecule has 0 radical (unpaired) electrons. The molecule has 1 atom stereocenters. The highest BCUT2D eigenvalue weighted by molar-refractivity contribution is 6.34. The van der Waals surface area contributed by atoms with Gasteiger partial charge in [-0.05, 0) is 30.4 Å². The maximum Gasteiger partial charge on any atom is 0.234 e. The van der Waals surface area contributed by atoms with Crippen molar-refractivity contribution in [3.8, 4) is 11.1 Å². The van der Waals surface area contributed by atoms with Gasteiger partial charge in [-0.15, -0.1) is 0 Å². The van der Waals surface area contributed by atoms with E-state index in [1.165, 1.54) is 6.42 Å². The van der Waals surface area contributed by atoms with E-state index < -0.39 is 0 Å². The Balaban J connectivity index is 0.000000252. The molecule has 1 N–H and O–H groups in total. The van der Waals surface area contributed by atoms with Crippen molar-refractivity contribution in [2.75, 3.05) is 13.6 Å². The Morgan fingerprint density at radius 3 is 2.34 bits per heavy atom. The molecule has 5 nitrogen and oxygen atoms in total. The number of imide groups is 1. The number of piperidine rings is 2. The Labute approximate surface area is 176 Å². The quantitative estimate of drug-likeness (QED) is 0.753. The average molecular weight is 413 g/mol. The predicted octanol–water partition coefficient (Wildman–Crippen LogP) is 4.16. The number of likely N-dealkylation sites (tertiary alicyclic amines) is 1. The van der Waals surface area contributed by atoms with E-state index in [2.05, 4.69) is 5.32 Å². The van der Waals surface area contributed by atoms with Crippen molar-refractivity contribution < 1.29 is 14.4 Å². The molecule has 29 heavy (non-hydrogen) atoms. The van der Waals surface area contributed by atoms with Crippen molar-refractivity contribution in [2.45, 2.75) is 38.0 Å². The Hall–Kier alpha value is -2.66. The minimum atomic E-state index is -0.362. The van der Waals surface area contributed by atoms with Crippen LogP contribution in [0.5, 0.6) is 0 Å². The monoisotopic (exact) mass is 412 g/mol. The van der Waals surface area contributed by atoms with Crippen LogP contribution in [-0.2, 0) is 14.4 Å². The highest BCUT2D eigenvalue weighted by Crippen LogP contribution is 2.36. The Bertz CT molecular complexity index is 898. The Kier molecular flexibility index (Phi) is 7.04. The first kappa shape index (κ1) is 21.1. The van der Waals surface area contributed by atoms with Crippen LogP contribution in [0.1, 0.15) is 43.6 Å². The Morgan fingerprint density at radius 2 is 1.72 bits per heavy atom. The molecule has 2 aliphatic rings. The zero-order valence-corrected chi connectivity index (χ0v) is 17.2. The molecule has 2 aliphatic heterocycles. The number of carbonyl (C=O) groups is 3. The minimum Gasteiger partial charge on any atom is -0.346 e. The zero-order chi connectivity index (χ0) is 20.8. The third kappa shape index (κ3) is 5.24. The molecule has 0 bridgehead atoms. The first-order chi connectivity index (χ1) is 14.0. The number of halogens is 1. The molecule has 0 saturated carbocycles. The number of amides is 3. The molecule has 0 aromatic heterocycles. The van der Waals surface area contributed by atoms with Crippen molar-refractivity contribution in [1.29, 1.82) is 0 Å². The van der Waals surface area contributed by atoms with Crippen molar-refractivity contribution in [1.82, 2.24) is 10.2 Å². The highest BCUT2D eigenvalue weighted by atomic mass is 35.5. The first-order valence-corrected chi connectivity index (χ1v) is 10.3. The summed E-state index contributed by atoms with van der Waals surface area (Å²) < 4.78 is 0. The lowest BCUT2D eigenvalue weighted by Crippen LogP contribution is -2.39. The molecule has 3 amide bonds. The normalized spacial score (nSPS) is 19.3. The van der Waals surface area contributed by atoms with Gasteiger partial charge >= 0.3 is 0 Å². The van der Waals surface area contributed by atoms with Gasteiger partial charge in [-0.25, -0.2) is 0 Å². The van der Waals surface area contributed by atoms with E-state index in [1.54, 1.807) is 4.90 Å². The van der Waals surface area contributed by atoms with Gasteiger partial charge in [0.2, 0.25) is 17.7 Å². The van der Waals surface area contributed by atoms with Gasteiger partial charge < -0.3 is 4.90 Å². The second-order valence-corrected chi connectivity index (χ2v) is 7.73. The van der Waals surface area contributed by atoms with Gasteiger partial charge in [-0.1, -0.05) is 60.1 Å². The summed E-state index contributed by atoms with van der Waals surface area (Å²) >= 11 is 6.51. The number of rotatable bonds is 2. The summed E-state index contributed by atoms with van der Waals surface area (Å²) in [6, 6.07) is 15.5. The van der Waals surface area contributed by atoms with Gasteiger partial charge in [0.1, 0.15) is 0 Å². The number of hydrogen-bond acceptors (Lipinski definition) is 3. The molecule has 2 fully saturated rings. The third-order valence-electron chi connectivity index (χ3n) is 5.29. The van der Waals surface area contributed by atoms with E-state index in [4.69, 9.17) is 11.6 Å². The summed E-state index contributed by atoms with van der Waals surface area (Å²) in [5, 5.41) is 2.96. The topological polar surface area (TPSA) is 66.5 Å². The number of nitrogens with zero attached hydrogens (tertiary/aromatic N) is 1. The zero-order valence-electron chi connectivity index (χ0n) is 16.5. The van der Waals surface area contributed by atoms with E-state index in [-0.39, 0.29) is 17.7 Å². The molecule has 0 aliphatic carbocycles. The fourth-order valence-corrected chi connectivity index (χ4v) is 3.96. The molecule has 0 spiro atoms. The summed E-state index contributed by atoms with van der Waals surface area (Å²) in [6.07, 6.45) is 3.88. The first-order valence-electron chi connectivity index (χ1n) is 9.89. The number of nitrogens with one attached hydrogen (secondary N) is 1. The Morgan fingerprint density at radius 1 is 0.966 bits per heavy atom. The standard InChI is InChI=1S/C17H14ClNO2.C6H11NO/c18-16-12(11-5-2-1-3-6-11)7-4-8-13(16)14-9-10-15(20)19-17(14)21;1-7-5-3-2-4-6(7)8/h1-8,14H,9-10H2,(H,19,20,21);2-5H2,1H3. The highest BCUT2D eigenvalue weighted by Gasteiger charge is 2.30. The second-order valence-electron chi connectivity index (χ2n) is 7.35. The van der Waals surface area contributed by atoms with Crippen molar-refractivity contribution >= 4 is 29.3 Å². The second kappa shape index (κ2) is 9.70. The molecule has 152 valence electrons. The van der Waals surface area contributed by atoms with E-state index >= 15 is 0 Å². The fraction of sp³-hybridized carbons (Fsp3) is 0.348. The largest absolute Gasteiger partial charge is 0.346 e. The predicted molar refractivity (Wildman–Crippen MR) is 114 cm³/mol. The number of carbonyl (C=O) groups excluding carboxylic acids is 3. The van der Waals surface area contributed by atoms with Gasteiger partial charge in [0.25, 0.3) is 0 Å². The number of benzene rings is 2. The van der Waals surface area contributed by atoms with Crippen LogP contribution in [0.15, 0.2) is 48.5 Å². The van der Waals surface area contributed by atoms with Gasteiger partial charge in [-0.2, -0.15) is 0 Å².